The highest BCUT2D eigenvalue weighted by atomic mass is 79.9. The van der Waals surface area contributed by atoms with Crippen LogP contribution in [-0.4, -0.2) is 0 Å². The Morgan fingerprint density at radius 1 is 0.947 bits per heavy atom. The van der Waals surface area contributed by atoms with Gasteiger partial charge < -0.3 is 4.74 Å². The van der Waals surface area contributed by atoms with Gasteiger partial charge in [-0.2, -0.15) is 0 Å². The highest BCUT2D eigenvalue weighted by Gasteiger charge is 2.11. The molecule has 0 radical (unpaired) electrons. The molecule has 0 aliphatic heterocycles. The first kappa shape index (κ1) is 13.9. The summed E-state index contributed by atoms with van der Waals surface area (Å²) in [5.41, 5.74) is 0.536. The largest absolute Gasteiger partial charge is 0.486 e. The highest BCUT2D eigenvalue weighted by molar-refractivity contribution is 9.08. The summed E-state index contributed by atoms with van der Waals surface area (Å²) >= 11 is 3.20. The Bertz CT molecular complexity index is 567. The first-order valence-corrected chi connectivity index (χ1v) is 6.64. The van der Waals surface area contributed by atoms with Crippen molar-refractivity contribution in [1.29, 1.82) is 0 Å². The summed E-state index contributed by atoms with van der Waals surface area (Å²) in [4.78, 5) is 0. The van der Waals surface area contributed by atoms with Crippen molar-refractivity contribution in [2.45, 2.75) is 11.9 Å². The van der Waals surface area contributed by atoms with E-state index in [1.165, 1.54) is 18.2 Å². The predicted molar refractivity (Wildman–Crippen MR) is 69.7 cm³/mol. The van der Waals surface area contributed by atoms with Gasteiger partial charge in [-0.05, 0) is 29.8 Å². The van der Waals surface area contributed by atoms with Crippen LogP contribution >= 0.6 is 15.9 Å². The van der Waals surface area contributed by atoms with Crippen LogP contribution in [0.5, 0.6) is 5.75 Å². The molecule has 0 bridgehead atoms. The number of hydrogen-bond donors (Lipinski definition) is 0. The first-order valence-electron chi connectivity index (χ1n) is 5.52. The number of rotatable bonds is 4. The average Bonchev–Trinajstić information content (AvgIpc) is 2.39. The topological polar surface area (TPSA) is 9.23 Å². The van der Waals surface area contributed by atoms with Crippen LogP contribution in [0.25, 0.3) is 0 Å². The molecule has 0 aliphatic rings. The van der Waals surface area contributed by atoms with Gasteiger partial charge >= 0.3 is 0 Å². The molecule has 0 aromatic heterocycles. The van der Waals surface area contributed by atoms with Crippen molar-refractivity contribution in [3.05, 3.63) is 65.0 Å². The van der Waals surface area contributed by atoms with Crippen molar-refractivity contribution in [1.82, 2.24) is 0 Å². The maximum Gasteiger partial charge on any atom is 0.165 e. The Morgan fingerprint density at radius 2 is 1.63 bits per heavy atom. The average molecular weight is 331 g/mol. The molecule has 0 atom stereocenters. The molecular formula is C14H10BrF3O. The second-order valence-electron chi connectivity index (χ2n) is 3.89. The molecule has 0 unspecified atom stereocenters. The molecular weight excluding hydrogens is 321 g/mol. The van der Waals surface area contributed by atoms with Gasteiger partial charge in [0, 0.05) is 5.33 Å². The van der Waals surface area contributed by atoms with Crippen molar-refractivity contribution in [3.63, 3.8) is 0 Å². The third-order valence-electron chi connectivity index (χ3n) is 2.58. The fraction of sp³-hybridized carbons (Fsp3) is 0.143. The van der Waals surface area contributed by atoms with Gasteiger partial charge in [-0.25, -0.2) is 13.2 Å². The fourth-order valence-electron chi connectivity index (χ4n) is 1.56. The van der Waals surface area contributed by atoms with Gasteiger partial charge in [-0.15, -0.1) is 0 Å². The predicted octanol–water partition coefficient (Wildman–Crippen LogP) is 4.58. The van der Waals surface area contributed by atoms with Gasteiger partial charge in [0.05, 0.1) is 5.56 Å². The monoisotopic (exact) mass is 330 g/mol. The Labute approximate surface area is 117 Å². The van der Waals surface area contributed by atoms with Crippen molar-refractivity contribution in [2.24, 2.45) is 0 Å². The molecule has 2 rings (SSSR count). The number of benzene rings is 2. The van der Waals surface area contributed by atoms with Crippen LogP contribution in [0.3, 0.4) is 0 Å². The molecule has 0 heterocycles. The number of ether oxygens (including phenoxy) is 1. The van der Waals surface area contributed by atoms with Crippen LogP contribution in [0.1, 0.15) is 11.1 Å². The number of alkyl halides is 1. The van der Waals surface area contributed by atoms with Gasteiger partial charge in [-0.3, -0.25) is 0 Å². The summed E-state index contributed by atoms with van der Waals surface area (Å²) in [5.74, 6) is -2.02. The van der Waals surface area contributed by atoms with E-state index >= 15 is 0 Å². The van der Waals surface area contributed by atoms with E-state index in [4.69, 9.17) is 4.74 Å². The summed E-state index contributed by atoms with van der Waals surface area (Å²) in [7, 11) is 0. The lowest BCUT2D eigenvalue weighted by Gasteiger charge is -2.09. The van der Waals surface area contributed by atoms with E-state index in [0.717, 1.165) is 17.7 Å². The normalized spacial score (nSPS) is 10.5. The fourth-order valence-corrected chi connectivity index (χ4v) is 1.91. The van der Waals surface area contributed by atoms with Gasteiger partial charge in [0.2, 0.25) is 0 Å². The van der Waals surface area contributed by atoms with E-state index in [9.17, 15) is 13.2 Å². The Morgan fingerprint density at radius 3 is 2.21 bits per heavy atom. The Hall–Kier alpha value is -1.49. The molecule has 0 amide bonds. The minimum Gasteiger partial charge on any atom is -0.486 e. The summed E-state index contributed by atoms with van der Waals surface area (Å²) < 4.78 is 45.4. The second-order valence-corrected chi connectivity index (χ2v) is 4.45. The van der Waals surface area contributed by atoms with Crippen molar-refractivity contribution in [2.75, 3.05) is 0 Å². The van der Waals surface area contributed by atoms with Crippen molar-refractivity contribution >= 4 is 15.9 Å². The standard InChI is InChI=1S/C14H10BrF3O/c15-7-9-4-5-14(13(18)6-9)19-8-10-11(16)2-1-3-12(10)17/h1-6H,7-8H2. The lowest BCUT2D eigenvalue weighted by molar-refractivity contribution is 0.278. The quantitative estimate of drug-likeness (QED) is 0.746. The van der Waals surface area contributed by atoms with Gasteiger partial charge in [-0.1, -0.05) is 28.1 Å². The van der Waals surface area contributed by atoms with Gasteiger partial charge in [0.15, 0.2) is 11.6 Å². The second kappa shape index (κ2) is 6.10. The van der Waals surface area contributed by atoms with Gasteiger partial charge in [0.25, 0.3) is 0 Å². The molecule has 0 fully saturated rings. The minimum atomic E-state index is -0.711. The minimum absolute atomic E-state index is 0.0349. The maximum atomic E-state index is 13.6. The summed E-state index contributed by atoms with van der Waals surface area (Å²) in [6.45, 7) is -0.358. The Balaban J connectivity index is 2.15. The SMILES string of the molecule is Fc1cc(CBr)ccc1OCc1c(F)cccc1F. The van der Waals surface area contributed by atoms with E-state index in [2.05, 4.69) is 15.9 Å². The zero-order valence-corrected chi connectivity index (χ0v) is 11.4. The van der Waals surface area contributed by atoms with Crippen LogP contribution in [-0.2, 0) is 11.9 Å². The first-order chi connectivity index (χ1) is 9.11. The molecule has 100 valence electrons. The van der Waals surface area contributed by atoms with Crippen LogP contribution in [0.2, 0.25) is 0 Å². The smallest absolute Gasteiger partial charge is 0.165 e. The zero-order chi connectivity index (χ0) is 13.8. The summed E-state index contributed by atoms with van der Waals surface area (Å²) in [6, 6.07) is 7.94. The third-order valence-corrected chi connectivity index (χ3v) is 3.23. The molecule has 0 saturated carbocycles. The number of hydrogen-bond acceptors (Lipinski definition) is 1. The summed E-state index contributed by atoms with van der Waals surface area (Å²) in [6.07, 6.45) is 0. The van der Waals surface area contributed by atoms with E-state index in [0.29, 0.717) is 5.33 Å². The number of halogens is 4. The van der Waals surface area contributed by atoms with E-state index in [-0.39, 0.29) is 17.9 Å². The molecule has 2 aromatic rings. The van der Waals surface area contributed by atoms with E-state index < -0.39 is 17.5 Å². The van der Waals surface area contributed by atoms with Crippen LogP contribution in [0.15, 0.2) is 36.4 Å². The van der Waals surface area contributed by atoms with Crippen LogP contribution in [0.4, 0.5) is 13.2 Å². The summed E-state index contributed by atoms with van der Waals surface area (Å²) in [5, 5.41) is 0.520. The molecule has 5 heteroatoms. The molecule has 19 heavy (non-hydrogen) atoms. The molecule has 0 aliphatic carbocycles. The molecule has 0 saturated heterocycles. The maximum absolute atomic E-state index is 13.6. The lowest BCUT2D eigenvalue weighted by atomic mass is 10.2. The highest BCUT2D eigenvalue weighted by Crippen LogP contribution is 2.22. The molecule has 1 nitrogen and oxygen atoms in total. The lowest BCUT2D eigenvalue weighted by Crippen LogP contribution is -2.03. The van der Waals surface area contributed by atoms with Crippen molar-refractivity contribution < 1.29 is 17.9 Å². The van der Waals surface area contributed by atoms with E-state index in [1.54, 1.807) is 6.07 Å². The van der Waals surface area contributed by atoms with Crippen molar-refractivity contribution in [3.8, 4) is 5.75 Å². The third kappa shape index (κ3) is 3.29. The molecule has 0 N–H and O–H groups in total. The van der Waals surface area contributed by atoms with Crippen LogP contribution in [0, 0.1) is 17.5 Å². The Kier molecular flexibility index (Phi) is 4.47. The van der Waals surface area contributed by atoms with Crippen LogP contribution < -0.4 is 4.74 Å². The van der Waals surface area contributed by atoms with Gasteiger partial charge in [0.1, 0.15) is 18.2 Å². The zero-order valence-electron chi connectivity index (χ0n) is 9.80. The molecule has 0 spiro atoms. The molecule has 2 aromatic carbocycles. The van der Waals surface area contributed by atoms with E-state index in [1.807, 2.05) is 0 Å².